The Labute approximate surface area is 115 Å². The molecule has 20 heavy (non-hydrogen) atoms. The zero-order valence-corrected chi connectivity index (χ0v) is 11.5. The van der Waals surface area contributed by atoms with Gasteiger partial charge >= 0.3 is 6.18 Å². The van der Waals surface area contributed by atoms with E-state index in [2.05, 4.69) is 5.32 Å². The molecular weight excluding hydrogens is 272 g/mol. The van der Waals surface area contributed by atoms with Crippen molar-refractivity contribution in [2.75, 3.05) is 19.6 Å². The van der Waals surface area contributed by atoms with Crippen LogP contribution in [0, 0.1) is 5.82 Å². The Morgan fingerprint density at radius 3 is 2.60 bits per heavy atom. The second kappa shape index (κ2) is 5.33. The highest BCUT2D eigenvalue weighted by Gasteiger charge is 2.32. The Kier molecular flexibility index (Phi) is 4.07. The molecule has 1 saturated heterocycles. The van der Waals surface area contributed by atoms with Crippen LogP contribution in [0.15, 0.2) is 18.2 Å². The molecule has 1 fully saturated rings. The van der Waals surface area contributed by atoms with Crippen molar-refractivity contribution in [2.24, 2.45) is 0 Å². The summed E-state index contributed by atoms with van der Waals surface area (Å²) < 4.78 is 51.7. The molecule has 0 unspecified atom stereocenters. The Balaban J connectivity index is 2.16. The van der Waals surface area contributed by atoms with E-state index in [1.807, 2.05) is 18.7 Å². The third kappa shape index (κ3) is 3.70. The molecule has 2 rings (SSSR count). The standard InChI is InChI=1S/C14H18F4N2/c1-13(2)9-20(6-5-19-13)8-10-7-11(14(16,17)18)3-4-12(10)15/h3-4,7,19H,5-6,8-9H2,1-2H3. The zero-order valence-electron chi connectivity index (χ0n) is 11.5. The van der Waals surface area contributed by atoms with Crippen molar-refractivity contribution in [1.82, 2.24) is 10.2 Å². The predicted octanol–water partition coefficient (Wildman–Crippen LogP) is 3.03. The van der Waals surface area contributed by atoms with E-state index in [9.17, 15) is 17.6 Å². The van der Waals surface area contributed by atoms with E-state index in [4.69, 9.17) is 0 Å². The van der Waals surface area contributed by atoms with Gasteiger partial charge in [-0.25, -0.2) is 4.39 Å². The topological polar surface area (TPSA) is 15.3 Å². The summed E-state index contributed by atoms with van der Waals surface area (Å²) in [4.78, 5) is 1.97. The summed E-state index contributed by atoms with van der Waals surface area (Å²) in [5, 5.41) is 3.31. The number of benzene rings is 1. The maximum Gasteiger partial charge on any atom is 0.416 e. The number of nitrogens with zero attached hydrogens (tertiary/aromatic N) is 1. The molecule has 0 atom stereocenters. The summed E-state index contributed by atoms with van der Waals surface area (Å²) in [6, 6.07) is 2.58. The summed E-state index contributed by atoms with van der Waals surface area (Å²) in [6.07, 6.45) is -4.44. The van der Waals surface area contributed by atoms with Crippen LogP contribution < -0.4 is 5.32 Å². The van der Waals surface area contributed by atoms with Crippen molar-refractivity contribution in [2.45, 2.75) is 32.1 Å². The molecule has 0 aromatic heterocycles. The lowest BCUT2D eigenvalue weighted by Crippen LogP contribution is -2.56. The van der Waals surface area contributed by atoms with Gasteiger partial charge in [0.15, 0.2) is 0 Å². The summed E-state index contributed by atoms with van der Waals surface area (Å²) >= 11 is 0. The molecular formula is C14H18F4N2. The summed E-state index contributed by atoms with van der Waals surface area (Å²) in [5.41, 5.74) is -0.822. The Bertz CT molecular complexity index is 483. The van der Waals surface area contributed by atoms with Gasteiger partial charge in [-0.05, 0) is 32.0 Å². The van der Waals surface area contributed by atoms with Gasteiger partial charge in [-0.1, -0.05) is 0 Å². The first-order chi connectivity index (χ1) is 9.17. The maximum atomic E-state index is 13.7. The molecule has 1 aliphatic rings. The Morgan fingerprint density at radius 1 is 1.30 bits per heavy atom. The van der Waals surface area contributed by atoms with E-state index >= 15 is 0 Å². The lowest BCUT2D eigenvalue weighted by Gasteiger charge is -2.39. The van der Waals surface area contributed by atoms with Crippen LogP contribution in [0.4, 0.5) is 17.6 Å². The van der Waals surface area contributed by atoms with Gasteiger partial charge in [0, 0.05) is 37.3 Å². The van der Waals surface area contributed by atoms with Crippen LogP contribution in [0.1, 0.15) is 25.0 Å². The number of hydrogen-bond donors (Lipinski definition) is 1. The van der Waals surface area contributed by atoms with E-state index in [1.165, 1.54) is 0 Å². The largest absolute Gasteiger partial charge is 0.416 e. The minimum Gasteiger partial charge on any atom is -0.309 e. The molecule has 0 aliphatic carbocycles. The van der Waals surface area contributed by atoms with Gasteiger partial charge < -0.3 is 5.32 Å². The predicted molar refractivity (Wildman–Crippen MR) is 68.8 cm³/mol. The minimum atomic E-state index is -4.44. The Hall–Kier alpha value is -1.14. The quantitative estimate of drug-likeness (QED) is 0.842. The lowest BCUT2D eigenvalue weighted by atomic mass is 10.0. The zero-order chi connectivity index (χ0) is 15.0. The molecule has 1 N–H and O–H groups in total. The van der Waals surface area contributed by atoms with Crippen molar-refractivity contribution >= 4 is 0 Å². The van der Waals surface area contributed by atoms with Crippen LogP contribution in [0.3, 0.4) is 0 Å². The van der Waals surface area contributed by atoms with E-state index in [0.29, 0.717) is 13.1 Å². The number of hydrogen-bond acceptors (Lipinski definition) is 2. The van der Waals surface area contributed by atoms with Crippen molar-refractivity contribution < 1.29 is 17.6 Å². The average Bonchev–Trinajstić information content (AvgIpc) is 2.29. The molecule has 0 radical (unpaired) electrons. The van der Waals surface area contributed by atoms with E-state index < -0.39 is 17.6 Å². The van der Waals surface area contributed by atoms with Gasteiger partial charge in [-0.2, -0.15) is 13.2 Å². The molecule has 1 aromatic rings. The molecule has 0 bridgehead atoms. The molecule has 112 valence electrons. The summed E-state index contributed by atoms with van der Waals surface area (Å²) in [7, 11) is 0. The number of nitrogens with one attached hydrogen (secondary N) is 1. The van der Waals surface area contributed by atoms with Crippen molar-refractivity contribution in [1.29, 1.82) is 0 Å². The number of alkyl halides is 3. The molecule has 0 spiro atoms. The number of piperazine rings is 1. The van der Waals surface area contributed by atoms with Gasteiger partial charge in [0.25, 0.3) is 0 Å². The first-order valence-electron chi connectivity index (χ1n) is 6.50. The summed E-state index contributed by atoms with van der Waals surface area (Å²) in [6.45, 7) is 6.33. The molecule has 0 amide bonds. The van der Waals surface area contributed by atoms with Crippen molar-refractivity contribution in [3.05, 3.63) is 35.1 Å². The maximum absolute atomic E-state index is 13.7. The fourth-order valence-corrected chi connectivity index (χ4v) is 2.49. The highest BCUT2D eigenvalue weighted by molar-refractivity contribution is 5.27. The highest BCUT2D eigenvalue weighted by Crippen LogP contribution is 2.30. The van der Waals surface area contributed by atoms with Gasteiger partial charge in [0.05, 0.1) is 5.56 Å². The lowest BCUT2D eigenvalue weighted by molar-refractivity contribution is -0.137. The third-order valence-corrected chi connectivity index (χ3v) is 3.42. The summed E-state index contributed by atoms with van der Waals surface area (Å²) in [5.74, 6) is -0.589. The van der Waals surface area contributed by atoms with Crippen LogP contribution in [0.5, 0.6) is 0 Å². The van der Waals surface area contributed by atoms with Crippen molar-refractivity contribution in [3.63, 3.8) is 0 Å². The number of halogens is 4. The normalized spacial score (nSPS) is 20.1. The number of rotatable bonds is 2. The monoisotopic (exact) mass is 290 g/mol. The molecule has 1 aromatic carbocycles. The Morgan fingerprint density at radius 2 is 2.00 bits per heavy atom. The third-order valence-electron chi connectivity index (χ3n) is 3.42. The SMILES string of the molecule is CC1(C)CN(Cc2cc(C(F)(F)F)ccc2F)CCN1. The van der Waals surface area contributed by atoms with Crippen molar-refractivity contribution in [3.8, 4) is 0 Å². The average molecular weight is 290 g/mol. The van der Waals surface area contributed by atoms with E-state index in [-0.39, 0.29) is 17.6 Å². The smallest absolute Gasteiger partial charge is 0.309 e. The molecule has 1 heterocycles. The first kappa shape index (κ1) is 15.3. The van der Waals surface area contributed by atoms with Gasteiger partial charge in [0.2, 0.25) is 0 Å². The van der Waals surface area contributed by atoms with Gasteiger partial charge in [0.1, 0.15) is 5.82 Å². The second-order valence-corrected chi connectivity index (χ2v) is 5.83. The molecule has 6 heteroatoms. The minimum absolute atomic E-state index is 0.0949. The molecule has 1 aliphatic heterocycles. The van der Waals surface area contributed by atoms with Gasteiger partial charge in [-0.3, -0.25) is 4.90 Å². The highest BCUT2D eigenvalue weighted by atomic mass is 19.4. The molecule has 0 saturated carbocycles. The van der Waals surface area contributed by atoms with E-state index in [1.54, 1.807) is 0 Å². The molecule has 2 nitrogen and oxygen atoms in total. The van der Waals surface area contributed by atoms with E-state index in [0.717, 1.165) is 24.7 Å². The van der Waals surface area contributed by atoms with Crippen LogP contribution in [-0.2, 0) is 12.7 Å². The van der Waals surface area contributed by atoms with Crippen LogP contribution in [-0.4, -0.2) is 30.1 Å². The van der Waals surface area contributed by atoms with Crippen LogP contribution in [0.25, 0.3) is 0 Å². The fraction of sp³-hybridized carbons (Fsp3) is 0.571. The van der Waals surface area contributed by atoms with Crippen LogP contribution >= 0.6 is 0 Å². The second-order valence-electron chi connectivity index (χ2n) is 5.83. The fourth-order valence-electron chi connectivity index (χ4n) is 2.49. The van der Waals surface area contributed by atoms with Gasteiger partial charge in [-0.15, -0.1) is 0 Å². The van der Waals surface area contributed by atoms with Crippen LogP contribution in [0.2, 0.25) is 0 Å². The first-order valence-corrected chi connectivity index (χ1v) is 6.50.